The highest BCUT2D eigenvalue weighted by molar-refractivity contribution is 5.37. The van der Waals surface area contributed by atoms with Crippen LogP contribution in [0.2, 0.25) is 0 Å². The van der Waals surface area contributed by atoms with Crippen molar-refractivity contribution in [2.75, 3.05) is 0 Å². The molecule has 3 nitrogen and oxygen atoms in total. The zero-order valence-electron chi connectivity index (χ0n) is 7.70. The molecule has 0 saturated heterocycles. The molecule has 0 saturated carbocycles. The van der Waals surface area contributed by atoms with E-state index in [2.05, 4.69) is 0 Å². The molecule has 1 rings (SSSR count). The van der Waals surface area contributed by atoms with Crippen LogP contribution in [0.5, 0.6) is 11.5 Å². The van der Waals surface area contributed by atoms with Gasteiger partial charge in [0.05, 0.1) is 0 Å². The average Bonchev–Trinajstić information content (AvgIpc) is 2.03. The van der Waals surface area contributed by atoms with Gasteiger partial charge >= 0.3 is 0 Å². The molecule has 4 N–H and O–H groups in total. The summed E-state index contributed by atoms with van der Waals surface area (Å²) >= 11 is 0. The van der Waals surface area contributed by atoms with E-state index in [9.17, 15) is 10.2 Å². The van der Waals surface area contributed by atoms with Gasteiger partial charge in [0.1, 0.15) is 11.5 Å². The SMILES string of the molecule is CCC[C@@H](N)c1cc(O)cc(O)c1. The summed E-state index contributed by atoms with van der Waals surface area (Å²) in [4.78, 5) is 0. The van der Waals surface area contributed by atoms with E-state index in [1.807, 2.05) is 6.92 Å². The molecule has 0 aliphatic carbocycles. The molecule has 1 aromatic carbocycles. The highest BCUT2D eigenvalue weighted by Gasteiger charge is 2.06. The first kappa shape index (κ1) is 9.86. The van der Waals surface area contributed by atoms with E-state index in [0.717, 1.165) is 18.4 Å². The first-order valence-corrected chi connectivity index (χ1v) is 4.42. The summed E-state index contributed by atoms with van der Waals surface area (Å²) < 4.78 is 0. The second-order valence-corrected chi connectivity index (χ2v) is 3.18. The van der Waals surface area contributed by atoms with Crippen LogP contribution in [0.3, 0.4) is 0 Å². The molecule has 0 bridgehead atoms. The molecule has 0 amide bonds. The Kier molecular flexibility index (Phi) is 3.14. The van der Waals surface area contributed by atoms with Crippen LogP contribution in [0.4, 0.5) is 0 Å². The van der Waals surface area contributed by atoms with E-state index in [-0.39, 0.29) is 17.5 Å². The van der Waals surface area contributed by atoms with Crippen LogP contribution < -0.4 is 5.73 Å². The summed E-state index contributed by atoms with van der Waals surface area (Å²) in [7, 11) is 0. The number of hydrogen-bond acceptors (Lipinski definition) is 3. The Hall–Kier alpha value is -1.22. The summed E-state index contributed by atoms with van der Waals surface area (Å²) in [5, 5.41) is 18.4. The van der Waals surface area contributed by atoms with E-state index in [1.165, 1.54) is 6.07 Å². The summed E-state index contributed by atoms with van der Waals surface area (Å²) in [5.74, 6) is 0.114. The number of phenolic OH excluding ortho intramolecular Hbond substituents is 2. The number of nitrogens with two attached hydrogens (primary N) is 1. The zero-order valence-corrected chi connectivity index (χ0v) is 7.70. The molecule has 0 radical (unpaired) electrons. The average molecular weight is 181 g/mol. The van der Waals surface area contributed by atoms with Crippen molar-refractivity contribution in [2.24, 2.45) is 5.73 Å². The first-order valence-electron chi connectivity index (χ1n) is 4.42. The predicted octanol–water partition coefficient (Wildman–Crippen LogP) is 1.90. The van der Waals surface area contributed by atoms with Gasteiger partial charge in [-0.3, -0.25) is 0 Å². The topological polar surface area (TPSA) is 66.5 Å². The molecule has 13 heavy (non-hydrogen) atoms. The molecule has 0 spiro atoms. The van der Waals surface area contributed by atoms with Crippen LogP contribution in [-0.4, -0.2) is 10.2 Å². The Morgan fingerprint density at radius 3 is 2.23 bits per heavy atom. The number of aromatic hydroxyl groups is 2. The van der Waals surface area contributed by atoms with Crippen LogP contribution in [0.1, 0.15) is 31.4 Å². The lowest BCUT2D eigenvalue weighted by Crippen LogP contribution is -2.09. The molecule has 0 unspecified atom stereocenters. The Bertz CT molecular complexity index is 266. The van der Waals surface area contributed by atoms with Crippen LogP contribution >= 0.6 is 0 Å². The van der Waals surface area contributed by atoms with E-state index in [1.54, 1.807) is 12.1 Å². The van der Waals surface area contributed by atoms with Gasteiger partial charge in [0.25, 0.3) is 0 Å². The molecular formula is C10H15NO2. The van der Waals surface area contributed by atoms with Crippen LogP contribution in [-0.2, 0) is 0 Å². The van der Waals surface area contributed by atoms with Crippen molar-refractivity contribution in [3.63, 3.8) is 0 Å². The van der Waals surface area contributed by atoms with Crippen molar-refractivity contribution in [2.45, 2.75) is 25.8 Å². The fourth-order valence-corrected chi connectivity index (χ4v) is 1.31. The van der Waals surface area contributed by atoms with Crippen molar-refractivity contribution >= 4 is 0 Å². The number of rotatable bonds is 3. The maximum Gasteiger partial charge on any atom is 0.119 e. The fourth-order valence-electron chi connectivity index (χ4n) is 1.31. The van der Waals surface area contributed by atoms with Gasteiger partial charge in [-0.15, -0.1) is 0 Å². The lowest BCUT2D eigenvalue weighted by molar-refractivity contribution is 0.447. The predicted molar refractivity (Wildman–Crippen MR) is 51.6 cm³/mol. The molecule has 0 fully saturated rings. The second-order valence-electron chi connectivity index (χ2n) is 3.18. The van der Waals surface area contributed by atoms with E-state index >= 15 is 0 Å². The largest absolute Gasteiger partial charge is 0.508 e. The molecule has 1 aromatic rings. The zero-order chi connectivity index (χ0) is 9.84. The summed E-state index contributed by atoms with van der Waals surface area (Å²) in [5.41, 5.74) is 6.60. The van der Waals surface area contributed by atoms with Gasteiger partial charge < -0.3 is 15.9 Å². The minimum atomic E-state index is -0.108. The minimum Gasteiger partial charge on any atom is -0.508 e. The summed E-state index contributed by atoms with van der Waals surface area (Å²) in [6, 6.07) is 4.35. The highest BCUT2D eigenvalue weighted by Crippen LogP contribution is 2.25. The van der Waals surface area contributed by atoms with Crippen LogP contribution in [0.25, 0.3) is 0 Å². The molecular weight excluding hydrogens is 166 g/mol. The Balaban J connectivity index is 2.87. The maximum atomic E-state index is 9.20. The molecule has 72 valence electrons. The number of hydrogen-bond donors (Lipinski definition) is 3. The van der Waals surface area contributed by atoms with Crippen molar-refractivity contribution in [1.82, 2.24) is 0 Å². The summed E-state index contributed by atoms with van der Waals surface area (Å²) in [6.07, 6.45) is 1.83. The van der Waals surface area contributed by atoms with Crippen LogP contribution in [0.15, 0.2) is 18.2 Å². The molecule has 0 aliphatic rings. The first-order chi connectivity index (χ1) is 6.13. The van der Waals surface area contributed by atoms with E-state index in [4.69, 9.17) is 5.73 Å². The standard InChI is InChI=1S/C10H15NO2/c1-2-3-10(11)7-4-8(12)6-9(13)5-7/h4-6,10,12-13H,2-3,11H2,1H3/t10-/m1/s1. The smallest absolute Gasteiger partial charge is 0.119 e. The fraction of sp³-hybridized carbons (Fsp3) is 0.400. The third-order valence-corrected chi connectivity index (χ3v) is 1.95. The van der Waals surface area contributed by atoms with Crippen molar-refractivity contribution < 1.29 is 10.2 Å². The molecule has 1 atom stereocenters. The monoisotopic (exact) mass is 181 g/mol. The molecule has 3 heteroatoms. The van der Waals surface area contributed by atoms with Crippen molar-refractivity contribution in [1.29, 1.82) is 0 Å². The quantitative estimate of drug-likeness (QED) is 0.667. The third kappa shape index (κ3) is 2.63. The minimum absolute atomic E-state index is 0.0570. The van der Waals surface area contributed by atoms with Gasteiger partial charge in [-0.2, -0.15) is 0 Å². The lowest BCUT2D eigenvalue weighted by atomic mass is 10.0. The van der Waals surface area contributed by atoms with Crippen LogP contribution in [0, 0.1) is 0 Å². The third-order valence-electron chi connectivity index (χ3n) is 1.95. The number of phenols is 2. The normalized spacial score (nSPS) is 12.8. The number of benzene rings is 1. The Morgan fingerprint density at radius 2 is 1.77 bits per heavy atom. The van der Waals surface area contributed by atoms with Crippen molar-refractivity contribution in [3.8, 4) is 11.5 Å². The highest BCUT2D eigenvalue weighted by atomic mass is 16.3. The Labute approximate surface area is 77.8 Å². The van der Waals surface area contributed by atoms with Gasteiger partial charge in [0.2, 0.25) is 0 Å². The summed E-state index contributed by atoms with van der Waals surface area (Å²) in [6.45, 7) is 2.04. The van der Waals surface area contributed by atoms with Gasteiger partial charge in [-0.05, 0) is 24.1 Å². The molecule has 0 aliphatic heterocycles. The lowest BCUT2D eigenvalue weighted by Gasteiger charge is -2.11. The van der Waals surface area contributed by atoms with Crippen molar-refractivity contribution in [3.05, 3.63) is 23.8 Å². The molecule has 0 heterocycles. The van der Waals surface area contributed by atoms with Gasteiger partial charge in [-0.25, -0.2) is 0 Å². The van der Waals surface area contributed by atoms with Gasteiger partial charge in [-0.1, -0.05) is 13.3 Å². The van der Waals surface area contributed by atoms with E-state index in [0.29, 0.717) is 0 Å². The maximum absolute atomic E-state index is 9.20. The molecule has 0 aromatic heterocycles. The second kappa shape index (κ2) is 4.14. The van der Waals surface area contributed by atoms with Gasteiger partial charge in [0.15, 0.2) is 0 Å². The Morgan fingerprint density at radius 1 is 1.23 bits per heavy atom. The van der Waals surface area contributed by atoms with E-state index < -0.39 is 0 Å². The van der Waals surface area contributed by atoms with Gasteiger partial charge in [0, 0.05) is 12.1 Å².